The Balaban J connectivity index is 1.82. The molecule has 0 radical (unpaired) electrons. The molecule has 1 fully saturated rings. The molecule has 0 bridgehead atoms. The Morgan fingerprint density at radius 2 is 1.70 bits per heavy atom. The zero-order valence-corrected chi connectivity index (χ0v) is 12.5. The fraction of sp³-hybridized carbons (Fsp3) is 0.188. The van der Waals surface area contributed by atoms with Crippen molar-refractivity contribution in [1.29, 1.82) is 0 Å². The van der Waals surface area contributed by atoms with E-state index in [-0.39, 0.29) is 11.9 Å². The number of amides is 1. The van der Waals surface area contributed by atoms with Crippen molar-refractivity contribution in [3.05, 3.63) is 70.2 Å². The summed E-state index contributed by atoms with van der Waals surface area (Å²) in [4.78, 5) is 13.8. The molecule has 2 atom stereocenters. The molecule has 1 aliphatic rings. The van der Waals surface area contributed by atoms with E-state index in [1.54, 1.807) is 0 Å². The minimum Gasteiger partial charge on any atom is -0.328 e. The summed E-state index contributed by atoms with van der Waals surface area (Å²) in [6, 6.07) is 17.5. The number of β-lactam (4-membered cyclic amide) rings is 1. The smallest absolute Gasteiger partial charge is 0.242 e. The quantitative estimate of drug-likeness (QED) is 0.879. The van der Waals surface area contributed by atoms with E-state index >= 15 is 0 Å². The van der Waals surface area contributed by atoms with Crippen molar-refractivity contribution in [1.82, 2.24) is 4.90 Å². The van der Waals surface area contributed by atoms with Gasteiger partial charge in [0.05, 0.1) is 6.04 Å². The summed E-state index contributed by atoms with van der Waals surface area (Å²) in [7, 11) is 0. The summed E-state index contributed by atoms with van der Waals surface area (Å²) < 4.78 is 1.02. The largest absolute Gasteiger partial charge is 0.328 e. The highest BCUT2D eigenvalue weighted by Gasteiger charge is 2.45. The van der Waals surface area contributed by atoms with Crippen LogP contribution >= 0.6 is 15.9 Å². The first kappa shape index (κ1) is 13.3. The van der Waals surface area contributed by atoms with Crippen LogP contribution in [0.15, 0.2) is 59.1 Å². The molecule has 2 aromatic carbocycles. The van der Waals surface area contributed by atoms with Gasteiger partial charge in [0, 0.05) is 11.0 Å². The Kier molecular flexibility index (Phi) is 3.59. The first-order valence-electron chi connectivity index (χ1n) is 6.52. The highest BCUT2D eigenvalue weighted by atomic mass is 79.9. The molecule has 2 N–H and O–H groups in total. The van der Waals surface area contributed by atoms with Gasteiger partial charge in [-0.15, -0.1) is 0 Å². The lowest BCUT2D eigenvalue weighted by Gasteiger charge is -2.45. The van der Waals surface area contributed by atoms with Crippen molar-refractivity contribution in [3.8, 4) is 0 Å². The summed E-state index contributed by atoms with van der Waals surface area (Å²) in [5, 5.41) is 0. The standard InChI is InChI=1S/C16H15BrN2O/c17-13-8-6-12(7-9-13)15-14(18)16(20)19(15)10-11-4-2-1-3-5-11/h1-9,14-15H,10,18H2/t14-,15-/m1/s1. The first-order valence-corrected chi connectivity index (χ1v) is 7.31. The molecule has 0 saturated carbocycles. The van der Waals surface area contributed by atoms with Gasteiger partial charge in [-0.05, 0) is 23.3 Å². The molecule has 1 saturated heterocycles. The molecule has 1 heterocycles. The maximum absolute atomic E-state index is 12.0. The molecular weight excluding hydrogens is 316 g/mol. The summed E-state index contributed by atoms with van der Waals surface area (Å²) in [5.41, 5.74) is 8.18. The van der Waals surface area contributed by atoms with Crippen molar-refractivity contribution in [2.24, 2.45) is 5.73 Å². The molecule has 20 heavy (non-hydrogen) atoms. The van der Waals surface area contributed by atoms with Gasteiger partial charge in [0.15, 0.2) is 0 Å². The predicted octanol–water partition coefficient (Wildman–Crippen LogP) is 2.86. The van der Waals surface area contributed by atoms with Crippen LogP contribution in [0.25, 0.3) is 0 Å². The minimum atomic E-state index is -0.431. The van der Waals surface area contributed by atoms with E-state index in [9.17, 15) is 4.79 Å². The van der Waals surface area contributed by atoms with E-state index in [1.807, 2.05) is 59.5 Å². The van der Waals surface area contributed by atoms with Crippen LogP contribution in [0.5, 0.6) is 0 Å². The zero-order chi connectivity index (χ0) is 14.1. The molecule has 1 amide bonds. The average Bonchev–Trinajstić information content (AvgIpc) is 2.49. The van der Waals surface area contributed by atoms with Gasteiger partial charge in [0.2, 0.25) is 5.91 Å². The number of nitrogens with two attached hydrogens (primary N) is 1. The molecule has 2 aromatic rings. The molecule has 4 heteroatoms. The second kappa shape index (κ2) is 5.38. The van der Waals surface area contributed by atoms with E-state index in [0.717, 1.165) is 15.6 Å². The number of rotatable bonds is 3. The zero-order valence-electron chi connectivity index (χ0n) is 10.9. The van der Waals surface area contributed by atoms with Gasteiger partial charge in [0.25, 0.3) is 0 Å². The number of halogens is 1. The van der Waals surface area contributed by atoms with Gasteiger partial charge in [0.1, 0.15) is 6.04 Å². The second-order valence-corrected chi connectivity index (χ2v) is 5.89. The van der Waals surface area contributed by atoms with Crippen molar-refractivity contribution in [3.63, 3.8) is 0 Å². The lowest BCUT2D eigenvalue weighted by atomic mass is 9.88. The Morgan fingerprint density at radius 1 is 1.05 bits per heavy atom. The lowest BCUT2D eigenvalue weighted by molar-refractivity contribution is -0.150. The van der Waals surface area contributed by atoms with Gasteiger partial charge >= 0.3 is 0 Å². The van der Waals surface area contributed by atoms with Crippen LogP contribution in [0.3, 0.4) is 0 Å². The van der Waals surface area contributed by atoms with Gasteiger partial charge < -0.3 is 10.6 Å². The molecule has 0 aromatic heterocycles. The van der Waals surface area contributed by atoms with Crippen LogP contribution < -0.4 is 5.73 Å². The van der Waals surface area contributed by atoms with Gasteiger partial charge in [-0.2, -0.15) is 0 Å². The van der Waals surface area contributed by atoms with Gasteiger partial charge in [-0.1, -0.05) is 58.4 Å². The monoisotopic (exact) mass is 330 g/mol. The maximum atomic E-state index is 12.0. The van der Waals surface area contributed by atoms with E-state index in [1.165, 1.54) is 0 Å². The third kappa shape index (κ3) is 2.37. The van der Waals surface area contributed by atoms with Crippen LogP contribution in [-0.4, -0.2) is 16.8 Å². The summed E-state index contributed by atoms with van der Waals surface area (Å²) in [6.07, 6.45) is 0. The summed E-state index contributed by atoms with van der Waals surface area (Å²) >= 11 is 3.42. The van der Waals surface area contributed by atoms with E-state index in [0.29, 0.717) is 6.54 Å². The number of nitrogens with zero attached hydrogens (tertiary/aromatic N) is 1. The van der Waals surface area contributed by atoms with Crippen LogP contribution in [0.1, 0.15) is 17.2 Å². The molecule has 0 aliphatic carbocycles. The van der Waals surface area contributed by atoms with Crippen molar-refractivity contribution >= 4 is 21.8 Å². The fourth-order valence-electron chi connectivity index (χ4n) is 2.58. The predicted molar refractivity (Wildman–Crippen MR) is 81.9 cm³/mol. The molecule has 102 valence electrons. The normalized spacial score (nSPS) is 21.7. The summed E-state index contributed by atoms with van der Waals surface area (Å²) in [5.74, 6) is 0.0155. The van der Waals surface area contributed by atoms with E-state index < -0.39 is 6.04 Å². The number of hydrogen-bond acceptors (Lipinski definition) is 2. The highest BCUT2D eigenvalue weighted by molar-refractivity contribution is 9.10. The molecule has 3 rings (SSSR count). The van der Waals surface area contributed by atoms with Crippen LogP contribution in [0, 0.1) is 0 Å². The number of benzene rings is 2. The van der Waals surface area contributed by atoms with Gasteiger partial charge in [-0.25, -0.2) is 0 Å². The van der Waals surface area contributed by atoms with Crippen molar-refractivity contribution < 1.29 is 4.79 Å². The molecular formula is C16H15BrN2O. The lowest BCUT2D eigenvalue weighted by Crippen LogP contribution is -2.62. The number of carbonyl (C=O) groups excluding carboxylic acids is 1. The van der Waals surface area contributed by atoms with Crippen molar-refractivity contribution in [2.45, 2.75) is 18.6 Å². The van der Waals surface area contributed by atoms with Gasteiger partial charge in [-0.3, -0.25) is 4.79 Å². The number of hydrogen-bond donors (Lipinski definition) is 1. The number of carbonyl (C=O) groups is 1. The Labute approximate surface area is 126 Å². The minimum absolute atomic E-state index is 0.0155. The Morgan fingerprint density at radius 3 is 2.35 bits per heavy atom. The average molecular weight is 331 g/mol. The maximum Gasteiger partial charge on any atom is 0.242 e. The van der Waals surface area contributed by atoms with E-state index in [4.69, 9.17) is 5.73 Å². The molecule has 1 aliphatic heterocycles. The van der Waals surface area contributed by atoms with Crippen LogP contribution in [0.4, 0.5) is 0 Å². The van der Waals surface area contributed by atoms with Crippen molar-refractivity contribution in [2.75, 3.05) is 0 Å². The SMILES string of the molecule is N[C@H]1C(=O)N(Cc2ccccc2)[C@@H]1c1ccc(Br)cc1. The Hall–Kier alpha value is -1.65. The highest BCUT2D eigenvalue weighted by Crippen LogP contribution is 2.35. The third-order valence-corrected chi connectivity index (χ3v) is 4.18. The first-order chi connectivity index (χ1) is 9.66. The van der Waals surface area contributed by atoms with E-state index in [2.05, 4.69) is 15.9 Å². The Bertz CT molecular complexity index is 612. The van der Waals surface area contributed by atoms with Crippen LogP contribution in [0.2, 0.25) is 0 Å². The molecule has 0 unspecified atom stereocenters. The molecule has 0 spiro atoms. The second-order valence-electron chi connectivity index (χ2n) is 4.97. The van der Waals surface area contributed by atoms with Crippen LogP contribution in [-0.2, 0) is 11.3 Å². The third-order valence-electron chi connectivity index (χ3n) is 3.65. The topological polar surface area (TPSA) is 46.3 Å². The number of likely N-dealkylation sites (tertiary alicyclic amines) is 1. The summed E-state index contributed by atoms with van der Waals surface area (Å²) in [6.45, 7) is 0.605. The molecule has 3 nitrogen and oxygen atoms in total. The fourth-order valence-corrected chi connectivity index (χ4v) is 2.84.